The van der Waals surface area contributed by atoms with Gasteiger partial charge in [-0.2, -0.15) is 4.52 Å². The molecule has 1 aromatic carbocycles. The van der Waals surface area contributed by atoms with Crippen molar-refractivity contribution in [2.45, 2.75) is 13.0 Å². The molecule has 1 aliphatic heterocycles. The van der Waals surface area contributed by atoms with E-state index in [9.17, 15) is 9.18 Å². The van der Waals surface area contributed by atoms with Crippen molar-refractivity contribution in [3.8, 4) is 0 Å². The van der Waals surface area contributed by atoms with Crippen LogP contribution >= 0.6 is 11.3 Å². The van der Waals surface area contributed by atoms with E-state index in [4.69, 9.17) is 4.74 Å². The van der Waals surface area contributed by atoms with Crippen LogP contribution in [-0.2, 0) is 4.74 Å². The first-order valence-electron chi connectivity index (χ1n) is 8.79. The Morgan fingerprint density at radius 2 is 2.04 bits per heavy atom. The van der Waals surface area contributed by atoms with Gasteiger partial charge in [0.15, 0.2) is 0 Å². The third-order valence-corrected chi connectivity index (χ3v) is 5.43. The van der Waals surface area contributed by atoms with Crippen molar-refractivity contribution < 1.29 is 9.13 Å². The summed E-state index contributed by atoms with van der Waals surface area (Å²) in [5, 5.41) is 8.28. The number of benzene rings is 1. The summed E-state index contributed by atoms with van der Waals surface area (Å²) in [5.74, 6) is -0.251. The summed E-state index contributed by atoms with van der Waals surface area (Å²) in [6.07, 6.45) is 0. The number of rotatable bonds is 5. The van der Waals surface area contributed by atoms with Gasteiger partial charge in [0.2, 0.25) is 10.1 Å². The summed E-state index contributed by atoms with van der Waals surface area (Å²) < 4.78 is 20.1. The van der Waals surface area contributed by atoms with E-state index in [1.807, 2.05) is 12.1 Å². The zero-order valence-corrected chi connectivity index (χ0v) is 15.7. The Balaban J connectivity index is 1.57. The molecule has 0 unspecified atom stereocenters. The predicted molar refractivity (Wildman–Crippen MR) is 102 cm³/mol. The lowest BCUT2D eigenvalue weighted by Crippen LogP contribution is -2.41. The standard InChI is InChI=1S/C18H20FN5O2S/c1-12-10-16(25)24-18(21-12)27-17(22-24)20-11-15(23-6-8-26-9-7-23)13-2-4-14(19)5-3-13/h2-5,10,15H,6-9,11H2,1H3,(H,20,22)/t15-/m1/s1. The van der Waals surface area contributed by atoms with Crippen LogP contribution in [0.4, 0.5) is 9.52 Å². The molecule has 9 heteroatoms. The molecule has 0 bridgehead atoms. The summed E-state index contributed by atoms with van der Waals surface area (Å²) in [4.78, 5) is 19.3. The second-order valence-electron chi connectivity index (χ2n) is 6.43. The number of morpholine rings is 1. The average Bonchev–Trinajstić information content (AvgIpc) is 3.07. The molecule has 3 aromatic rings. The van der Waals surface area contributed by atoms with E-state index in [2.05, 4.69) is 20.3 Å². The van der Waals surface area contributed by atoms with E-state index < -0.39 is 0 Å². The van der Waals surface area contributed by atoms with E-state index in [1.54, 1.807) is 6.92 Å². The van der Waals surface area contributed by atoms with Crippen LogP contribution in [-0.4, -0.2) is 52.3 Å². The molecule has 1 aliphatic rings. The number of aromatic nitrogens is 3. The highest BCUT2D eigenvalue weighted by Gasteiger charge is 2.23. The van der Waals surface area contributed by atoms with Crippen molar-refractivity contribution >= 4 is 21.4 Å². The van der Waals surface area contributed by atoms with Gasteiger partial charge in [0.25, 0.3) is 5.56 Å². The molecule has 0 radical (unpaired) electrons. The molecule has 2 aromatic heterocycles. The van der Waals surface area contributed by atoms with Gasteiger partial charge < -0.3 is 10.1 Å². The molecule has 27 heavy (non-hydrogen) atoms. The zero-order valence-electron chi connectivity index (χ0n) is 14.9. The van der Waals surface area contributed by atoms with Gasteiger partial charge in [-0.05, 0) is 24.6 Å². The summed E-state index contributed by atoms with van der Waals surface area (Å²) in [7, 11) is 0. The van der Waals surface area contributed by atoms with Crippen molar-refractivity contribution in [3.63, 3.8) is 0 Å². The first-order valence-corrected chi connectivity index (χ1v) is 9.60. The highest BCUT2D eigenvalue weighted by Crippen LogP contribution is 2.24. The maximum absolute atomic E-state index is 13.3. The number of aryl methyl sites for hydroxylation is 1. The van der Waals surface area contributed by atoms with Gasteiger partial charge >= 0.3 is 0 Å². The highest BCUT2D eigenvalue weighted by atomic mass is 32.1. The van der Waals surface area contributed by atoms with E-state index in [0.717, 1.165) is 18.7 Å². The molecule has 1 atom stereocenters. The largest absolute Gasteiger partial charge is 0.379 e. The summed E-state index contributed by atoms with van der Waals surface area (Å²) in [5.41, 5.74) is 1.51. The number of hydrogen-bond acceptors (Lipinski definition) is 7. The highest BCUT2D eigenvalue weighted by molar-refractivity contribution is 7.20. The third kappa shape index (κ3) is 4.00. The minimum absolute atomic E-state index is 0.0490. The summed E-state index contributed by atoms with van der Waals surface area (Å²) in [6.45, 7) is 5.35. The lowest BCUT2D eigenvalue weighted by atomic mass is 10.0. The fourth-order valence-corrected chi connectivity index (χ4v) is 4.07. The summed E-state index contributed by atoms with van der Waals surface area (Å²) in [6, 6.07) is 8.09. The molecule has 0 amide bonds. The van der Waals surface area contributed by atoms with Crippen LogP contribution in [0.5, 0.6) is 0 Å². The molecule has 3 heterocycles. The summed E-state index contributed by atoms with van der Waals surface area (Å²) >= 11 is 1.34. The van der Waals surface area contributed by atoms with Crippen LogP contribution in [0.25, 0.3) is 4.96 Å². The van der Waals surface area contributed by atoms with Crippen molar-refractivity contribution in [1.29, 1.82) is 0 Å². The first kappa shape index (κ1) is 18.0. The molecular weight excluding hydrogens is 369 g/mol. The van der Waals surface area contributed by atoms with Crippen LogP contribution in [0.2, 0.25) is 0 Å². The van der Waals surface area contributed by atoms with E-state index in [0.29, 0.717) is 35.5 Å². The van der Waals surface area contributed by atoms with Crippen molar-refractivity contribution in [1.82, 2.24) is 19.5 Å². The Morgan fingerprint density at radius 3 is 2.78 bits per heavy atom. The number of ether oxygens (including phenoxy) is 1. The molecule has 1 N–H and O–H groups in total. The zero-order chi connectivity index (χ0) is 18.8. The molecule has 0 spiro atoms. The van der Waals surface area contributed by atoms with Crippen LogP contribution in [0.15, 0.2) is 35.1 Å². The van der Waals surface area contributed by atoms with Gasteiger partial charge in [0.05, 0.1) is 19.3 Å². The third-order valence-electron chi connectivity index (χ3n) is 4.56. The van der Waals surface area contributed by atoms with Gasteiger partial charge in [-0.15, -0.1) is 5.10 Å². The van der Waals surface area contributed by atoms with Gasteiger partial charge in [-0.1, -0.05) is 23.5 Å². The number of fused-ring (bicyclic) bond motifs is 1. The van der Waals surface area contributed by atoms with Crippen LogP contribution < -0.4 is 10.9 Å². The Bertz CT molecular complexity index is 982. The van der Waals surface area contributed by atoms with Crippen molar-refractivity contribution in [2.75, 3.05) is 38.2 Å². The number of nitrogens with zero attached hydrogens (tertiary/aromatic N) is 4. The number of nitrogens with one attached hydrogen (secondary N) is 1. The fourth-order valence-electron chi connectivity index (χ4n) is 3.21. The van der Waals surface area contributed by atoms with Gasteiger partial charge in [-0.3, -0.25) is 9.69 Å². The lowest BCUT2D eigenvalue weighted by molar-refractivity contribution is 0.0187. The Morgan fingerprint density at radius 1 is 1.30 bits per heavy atom. The van der Waals surface area contributed by atoms with E-state index in [1.165, 1.54) is 34.1 Å². The molecule has 7 nitrogen and oxygen atoms in total. The van der Waals surface area contributed by atoms with Crippen LogP contribution in [0.1, 0.15) is 17.3 Å². The SMILES string of the molecule is Cc1cc(=O)n2nc(NC[C@H](c3ccc(F)cc3)N3CCOCC3)sc2n1. The van der Waals surface area contributed by atoms with Gasteiger partial charge in [-0.25, -0.2) is 9.37 Å². The molecule has 1 saturated heterocycles. The second-order valence-corrected chi connectivity index (χ2v) is 7.39. The smallest absolute Gasteiger partial charge is 0.275 e. The minimum atomic E-state index is -0.251. The van der Waals surface area contributed by atoms with Crippen molar-refractivity contribution in [3.05, 3.63) is 57.8 Å². The van der Waals surface area contributed by atoms with Crippen molar-refractivity contribution in [2.24, 2.45) is 0 Å². The first-order chi connectivity index (χ1) is 13.1. The maximum atomic E-state index is 13.3. The monoisotopic (exact) mass is 389 g/mol. The normalized spacial score (nSPS) is 16.5. The number of halogens is 1. The molecule has 142 valence electrons. The quantitative estimate of drug-likeness (QED) is 0.721. The average molecular weight is 389 g/mol. The Kier molecular flexibility index (Phi) is 5.15. The fraction of sp³-hybridized carbons (Fsp3) is 0.389. The van der Waals surface area contributed by atoms with Gasteiger partial charge in [0, 0.05) is 31.4 Å². The molecular formula is C18H20FN5O2S. The molecule has 0 saturated carbocycles. The second kappa shape index (κ2) is 7.71. The minimum Gasteiger partial charge on any atom is -0.379 e. The van der Waals surface area contributed by atoms with Gasteiger partial charge in [0.1, 0.15) is 5.82 Å². The number of anilines is 1. The topological polar surface area (TPSA) is 71.8 Å². The number of hydrogen-bond donors (Lipinski definition) is 1. The van der Waals surface area contributed by atoms with Crippen LogP contribution in [0.3, 0.4) is 0 Å². The molecule has 0 aliphatic carbocycles. The van der Waals surface area contributed by atoms with E-state index >= 15 is 0 Å². The van der Waals surface area contributed by atoms with E-state index in [-0.39, 0.29) is 17.4 Å². The molecule has 1 fully saturated rings. The molecule has 4 rings (SSSR count). The predicted octanol–water partition coefficient (Wildman–Crippen LogP) is 2.08. The lowest BCUT2D eigenvalue weighted by Gasteiger charge is -2.34. The Hall–Kier alpha value is -2.36. The maximum Gasteiger partial charge on any atom is 0.275 e. The Labute approximate surface area is 159 Å². The van der Waals surface area contributed by atoms with Crippen LogP contribution in [0, 0.1) is 12.7 Å².